The minimum Gasteiger partial charge on any atom is -0.367 e. The molecule has 0 saturated carbocycles. The second kappa shape index (κ2) is 5.32. The Labute approximate surface area is 104 Å². The maximum Gasteiger partial charge on any atom is 0.0294 e. The van der Waals surface area contributed by atoms with E-state index in [1.165, 1.54) is 11.1 Å². The van der Waals surface area contributed by atoms with Gasteiger partial charge >= 0.3 is 0 Å². The number of H-pyrrole nitrogens is 1. The summed E-state index contributed by atoms with van der Waals surface area (Å²) in [4.78, 5) is 3.05. The summed E-state index contributed by atoms with van der Waals surface area (Å²) in [6.45, 7) is 3.07. The molecule has 0 unspecified atom stereocenters. The molecule has 2 N–H and O–H groups in total. The lowest BCUT2D eigenvalue weighted by Gasteiger charge is -2.13. The summed E-state index contributed by atoms with van der Waals surface area (Å²) in [6, 6.07) is 10.9. The van der Waals surface area contributed by atoms with E-state index in [1.54, 1.807) is 0 Å². The highest BCUT2D eigenvalue weighted by Crippen LogP contribution is 2.16. The van der Waals surface area contributed by atoms with Gasteiger partial charge in [-0.25, -0.2) is 0 Å². The van der Waals surface area contributed by atoms with Crippen molar-refractivity contribution in [2.75, 3.05) is 0 Å². The van der Waals surface area contributed by atoms with E-state index in [-0.39, 0.29) is 0 Å². The van der Waals surface area contributed by atoms with Gasteiger partial charge in [0.15, 0.2) is 0 Å². The first-order valence-corrected chi connectivity index (χ1v) is 6.15. The minimum atomic E-state index is 0.364. The van der Waals surface area contributed by atoms with Crippen LogP contribution in [0.1, 0.15) is 24.1 Å². The summed E-state index contributed by atoms with van der Waals surface area (Å²) in [6.07, 6.45) is 3.96. The molecule has 1 aromatic carbocycles. The molecule has 0 aliphatic heterocycles. The highest BCUT2D eigenvalue weighted by Gasteiger charge is 2.04. The fourth-order valence-electron chi connectivity index (χ4n) is 1.61. The third-order valence-electron chi connectivity index (χ3n) is 2.64. The lowest BCUT2D eigenvalue weighted by molar-refractivity contribution is 0.575. The molecule has 1 atom stereocenters. The molecule has 16 heavy (non-hydrogen) atoms. The standard InChI is InChI=1S/C13H15BrN2/c1-10(12-2-4-13(14)5-3-12)16-9-11-6-7-15-8-11/h2-8,10,15-16H,9H2,1H3/t10-/m0/s1. The van der Waals surface area contributed by atoms with Gasteiger partial charge in [-0.15, -0.1) is 0 Å². The van der Waals surface area contributed by atoms with Crippen molar-refractivity contribution in [1.29, 1.82) is 0 Å². The van der Waals surface area contributed by atoms with E-state index >= 15 is 0 Å². The van der Waals surface area contributed by atoms with Crippen LogP contribution in [-0.4, -0.2) is 4.98 Å². The van der Waals surface area contributed by atoms with Crippen LogP contribution >= 0.6 is 15.9 Å². The molecule has 2 rings (SSSR count). The van der Waals surface area contributed by atoms with E-state index in [1.807, 2.05) is 12.4 Å². The number of rotatable bonds is 4. The number of benzene rings is 1. The van der Waals surface area contributed by atoms with Crippen LogP contribution in [0.4, 0.5) is 0 Å². The SMILES string of the molecule is C[C@H](NCc1cc[nH]c1)c1ccc(Br)cc1. The monoisotopic (exact) mass is 278 g/mol. The fourth-order valence-corrected chi connectivity index (χ4v) is 1.87. The van der Waals surface area contributed by atoms with Gasteiger partial charge in [0.25, 0.3) is 0 Å². The van der Waals surface area contributed by atoms with Crippen molar-refractivity contribution in [3.05, 3.63) is 58.3 Å². The van der Waals surface area contributed by atoms with Gasteiger partial charge in [-0.05, 0) is 36.2 Å². The van der Waals surface area contributed by atoms with Crippen LogP contribution in [0.15, 0.2) is 47.2 Å². The van der Waals surface area contributed by atoms with Crippen molar-refractivity contribution in [1.82, 2.24) is 10.3 Å². The van der Waals surface area contributed by atoms with Gasteiger partial charge in [0.1, 0.15) is 0 Å². The van der Waals surface area contributed by atoms with E-state index in [0.29, 0.717) is 6.04 Å². The van der Waals surface area contributed by atoms with Crippen LogP contribution < -0.4 is 5.32 Å². The van der Waals surface area contributed by atoms with Crippen molar-refractivity contribution < 1.29 is 0 Å². The minimum absolute atomic E-state index is 0.364. The molecule has 0 aliphatic carbocycles. The van der Waals surface area contributed by atoms with E-state index in [4.69, 9.17) is 0 Å². The van der Waals surface area contributed by atoms with Gasteiger partial charge in [-0.3, -0.25) is 0 Å². The highest BCUT2D eigenvalue weighted by atomic mass is 79.9. The number of nitrogens with one attached hydrogen (secondary N) is 2. The van der Waals surface area contributed by atoms with E-state index in [9.17, 15) is 0 Å². The molecular weight excluding hydrogens is 264 g/mol. The van der Waals surface area contributed by atoms with Crippen LogP contribution in [0.5, 0.6) is 0 Å². The lowest BCUT2D eigenvalue weighted by Crippen LogP contribution is -2.17. The average molecular weight is 279 g/mol. The molecule has 84 valence electrons. The van der Waals surface area contributed by atoms with Crippen LogP contribution in [0, 0.1) is 0 Å². The molecule has 2 nitrogen and oxygen atoms in total. The zero-order valence-corrected chi connectivity index (χ0v) is 10.8. The van der Waals surface area contributed by atoms with Crippen molar-refractivity contribution >= 4 is 15.9 Å². The Morgan fingerprint density at radius 3 is 2.62 bits per heavy atom. The van der Waals surface area contributed by atoms with E-state index in [0.717, 1.165) is 11.0 Å². The summed E-state index contributed by atoms with van der Waals surface area (Å²) in [5, 5.41) is 3.49. The maximum absolute atomic E-state index is 3.49. The highest BCUT2D eigenvalue weighted by molar-refractivity contribution is 9.10. The quantitative estimate of drug-likeness (QED) is 0.878. The Balaban J connectivity index is 1.93. The Morgan fingerprint density at radius 1 is 1.25 bits per heavy atom. The van der Waals surface area contributed by atoms with Crippen molar-refractivity contribution in [2.24, 2.45) is 0 Å². The van der Waals surface area contributed by atoms with Crippen molar-refractivity contribution in [2.45, 2.75) is 19.5 Å². The molecule has 0 aliphatic rings. The van der Waals surface area contributed by atoms with Gasteiger partial charge in [0.2, 0.25) is 0 Å². The second-order valence-corrected chi connectivity index (χ2v) is 4.79. The Bertz CT molecular complexity index is 420. The molecular formula is C13H15BrN2. The third kappa shape index (κ3) is 2.97. The molecule has 1 aromatic heterocycles. The van der Waals surface area contributed by atoms with Gasteiger partial charge < -0.3 is 10.3 Å². The molecule has 0 spiro atoms. The second-order valence-electron chi connectivity index (χ2n) is 3.87. The number of aromatic nitrogens is 1. The number of halogens is 1. The zero-order valence-electron chi connectivity index (χ0n) is 9.20. The number of aromatic amines is 1. The Kier molecular flexibility index (Phi) is 3.80. The molecule has 3 heteroatoms. The summed E-state index contributed by atoms with van der Waals surface area (Å²) in [5.74, 6) is 0. The molecule has 0 radical (unpaired) electrons. The summed E-state index contributed by atoms with van der Waals surface area (Å²) < 4.78 is 1.12. The van der Waals surface area contributed by atoms with Crippen molar-refractivity contribution in [3.63, 3.8) is 0 Å². The summed E-state index contributed by atoms with van der Waals surface area (Å²) in [7, 11) is 0. The van der Waals surface area contributed by atoms with Gasteiger partial charge in [0, 0.05) is 29.5 Å². The van der Waals surface area contributed by atoms with Crippen LogP contribution in [0.25, 0.3) is 0 Å². The molecule has 0 saturated heterocycles. The largest absolute Gasteiger partial charge is 0.367 e. The fraction of sp³-hybridized carbons (Fsp3) is 0.231. The Hall–Kier alpha value is -1.06. The molecule has 2 aromatic rings. The first kappa shape index (κ1) is 11.4. The average Bonchev–Trinajstić information content (AvgIpc) is 2.80. The molecule has 1 heterocycles. The number of hydrogen-bond acceptors (Lipinski definition) is 1. The predicted molar refractivity (Wildman–Crippen MR) is 70.2 cm³/mol. The topological polar surface area (TPSA) is 27.8 Å². The first-order valence-electron chi connectivity index (χ1n) is 5.36. The normalized spacial score (nSPS) is 12.6. The Morgan fingerprint density at radius 2 is 2.00 bits per heavy atom. The maximum atomic E-state index is 3.49. The van der Waals surface area contributed by atoms with E-state index < -0.39 is 0 Å². The summed E-state index contributed by atoms with van der Waals surface area (Å²) in [5.41, 5.74) is 2.59. The first-order chi connectivity index (χ1) is 7.75. The summed E-state index contributed by atoms with van der Waals surface area (Å²) >= 11 is 3.44. The van der Waals surface area contributed by atoms with Crippen LogP contribution in [0.3, 0.4) is 0 Å². The predicted octanol–water partition coefficient (Wildman–Crippen LogP) is 3.63. The van der Waals surface area contributed by atoms with Crippen molar-refractivity contribution in [3.8, 4) is 0 Å². The lowest BCUT2D eigenvalue weighted by atomic mass is 10.1. The smallest absolute Gasteiger partial charge is 0.0294 e. The number of hydrogen-bond donors (Lipinski definition) is 2. The van der Waals surface area contributed by atoms with Gasteiger partial charge in [-0.1, -0.05) is 28.1 Å². The molecule has 0 amide bonds. The van der Waals surface area contributed by atoms with E-state index in [2.05, 4.69) is 63.5 Å². The third-order valence-corrected chi connectivity index (χ3v) is 3.17. The van der Waals surface area contributed by atoms with Gasteiger partial charge in [0.05, 0.1) is 0 Å². The molecule has 0 fully saturated rings. The zero-order chi connectivity index (χ0) is 11.4. The molecule has 0 bridgehead atoms. The van der Waals surface area contributed by atoms with Crippen LogP contribution in [0.2, 0.25) is 0 Å². The van der Waals surface area contributed by atoms with Gasteiger partial charge in [-0.2, -0.15) is 0 Å². The van der Waals surface area contributed by atoms with Crippen LogP contribution in [-0.2, 0) is 6.54 Å².